The van der Waals surface area contributed by atoms with Crippen molar-refractivity contribution in [1.29, 1.82) is 0 Å². The predicted octanol–water partition coefficient (Wildman–Crippen LogP) is 3.47. The molecule has 1 aromatic heterocycles. The predicted molar refractivity (Wildman–Crippen MR) is 70.4 cm³/mol. The van der Waals surface area contributed by atoms with E-state index in [4.69, 9.17) is 11.6 Å². The summed E-state index contributed by atoms with van der Waals surface area (Å²) in [6.07, 6.45) is 8.68. The van der Waals surface area contributed by atoms with Crippen LogP contribution in [0.2, 0.25) is 5.15 Å². The molecule has 0 amide bonds. The summed E-state index contributed by atoms with van der Waals surface area (Å²) in [7, 11) is 0. The lowest BCUT2D eigenvalue weighted by Gasteiger charge is -2.23. The molecule has 3 heterocycles. The van der Waals surface area contributed by atoms with Gasteiger partial charge in [-0.15, -0.1) is 0 Å². The van der Waals surface area contributed by atoms with E-state index >= 15 is 0 Å². The largest absolute Gasteiger partial charge is 0.300 e. The maximum absolute atomic E-state index is 5.85. The van der Waals surface area contributed by atoms with Crippen molar-refractivity contribution in [2.75, 3.05) is 13.1 Å². The molecule has 0 saturated carbocycles. The maximum Gasteiger partial charge on any atom is 0.129 e. The second-order valence-electron chi connectivity index (χ2n) is 5.32. The molecule has 3 rings (SSSR count). The molecule has 0 aromatic carbocycles. The molecule has 2 atom stereocenters. The Morgan fingerprint density at radius 3 is 2.76 bits per heavy atom. The molecule has 1 aromatic rings. The highest BCUT2D eigenvalue weighted by Gasteiger charge is 2.30. The van der Waals surface area contributed by atoms with E-state index in [0.29, 0.717) is 11.1 Å². The Bertz CT molecular complexity index is 376. The van der Waals surface area contributed by atoms with E-state index < -0.39 is 0 Å². The first-order valence-corrected chi connectivity index (χ1v) is 7.06. The number of aromatic nitrogens is 1. The van der Waals surface area contributed by atoms with Gasteiger partial charge in [-0.2, -0.15) is 0 Å². The summed E-state index contributed by atoms with van der Waals surface area (Å²) >= 11 is 5.85. The summed E-state index contributed by atoms with van der Waals surface area (Å²) in [5.74, 6) is 0.688. The van der Waals surface area contributed by atoms with E-state index in [9.17, 15) is 0 Å². The van der Waals surface area contributed by atoms with Crippen LogP contribution in [0.1, 0.15) is 43.6 Å². The highest BCUT2D eigenvalue weighted by molar-refractivity contribution is 6.29. The molecule has 0 spiro atoms. The zero-order valence-corrected chi connectivity index (χ0v) is 10.9. The second kappa shape index (κ2) is 4.95. The molecule has 92 valence electrons. The number of nitrogens with zero attached hydrogens (tertiary/aromatic N) is 2. The van der Waals surface area contributed by atoms with Gasteiger partial charge in [0.05, 0.1) is 0 Å². The molecule has 0 N–H and O–H groups in total. The Kier molecular flexibility index (Phi) is 3.34. The highest BCUT2D eigenvalue weighted by Crippen LogP contribution is 2.35. The van der Waals surface area contributed by atoms with Crippen LogP contribution in [0, 0.1) is 0 Å². The molecule has 0 bridgehead atoms. The van der Waals surface area contributed by atoms with Crippen LogP contribution in [0.5, 0.6) is 0 Å². The van der Waals surface area contributed by atoms with Gasteiger partial charge in [0.15, 0.2) is 0 Å². The average Bonchev–Trinajstić information content (AvgIpc) is 2.68. The Morgan fingerprint density at radius 1 is 1.18 bits per heavy atom. The van der Waals surface area contributed by atoms with Gasteiger partial charge < -0.3 is 4.90 Å². The number of pyridine rings is 1. The zero-order chi connectivity index (χ0) is 11.7. The maximum atomic E-state index is 5.85. The van der Waals surface area contributed by atoms with E-state index in [-0.39, 0.29) is 0 Å². The number of halogens is 1. The van der Waals surface area contributed by atoms with Crippen molar-refractivity contribution in [2.45, 2.75) is 44.1 Å². The fraction of sp³-hybridized carbons (Fsp3) is 0.643. The van der Waals surface area contributed by atoms with Gasteiger partial charge >= 0.3 is 0 Å². The first-order chi connectivity index (χ1) is 8.33. The van der Waals surface area contributed by atoms with E-state index in [1.165, 1.54) is 50.8 Å². The van der Waals surface area contributed by atoms with E-state index in [0.717, 1.165) is 6.04 Å². The minimum Gasteiger partial charge on any atom is -0.300 e. The van der Waals surface area contributed by atoms with Crippen LogP contribution in [0.4, 0.5) is 0 Å². The van der Waals surface area contributed by atoms with Crippen molar-refractivity contribution in [3.63, 3.8) is 0 Å². The molecule has 0 aliphatic carbocycles. The summed E-state index contributed by atoms with van der Waals surface area (Å²) in [5, 5.41) is 0.602. The summed E-state index contributed by atoms with van der Waals surface area (Å²) < 4.78 is 0. The van der Waals surface area contributed by atoms with Gasteiger partial charge in [0.1, 0.15) is 5.15 Å². The third-order valence-corrected chi connectivity index (χ3v) is 4.50. The fourth-order valence-electron chi connectivity index (χ4n) is 3.38. The molecule has 2 nitrogen and oxygen atoms in total. The first kappa shape index (κ1) is 11.5. The zero-order valence-electron chi connectivity index (χ0n) is 10.1. The molecule has 3 heteroatoms. The molecular weight excluding hydrogens is 232 g/mol. The van der Waals surface area contributed by atoms with E-state index in [1.54, 1.807) is 0 Å². The number of rotatable bonds is 1. The third kappa shape index (κ3) is 2.48. The second-order valence-corrected chi connectivity index (χ2v) is 5.71. The van der Waals surface area contributed by atoms with Gasteiger partial charge in [-0.25, -0.2) is 4.98 Å². The van der Waals surface area contributed by atoms with Crippen molar-refractivity contribution < 1.29 is 0 Å². The molecule has 17 heavy (non-hydrogen) atoms. The molecule has 2 aliphatic rings. The molecule has 2 unspecified atom stereocenters. The number of fused-ring (bicyclic) bond motifs is 1. The van der Waals surface area contributed by atoms with Gasteiger partial charge in [0.25, 0.3) is 0 Å². The molecule has 2 aliphatic heterocycles. The Morgan fingerprint density at radius 2 is 2.00 bits per heavy atom. The minimum absolute atomic E-state index is 0.602. The van der Waals surface area contributed by atoms with Crippen LogP contribution in [-0.2, 0) is 0 Å². The average molecular weight is 251 g/mol. The number of hydrogen-bond acceptors (Lipinski definition) is 2. The summed E-state index contributed by atoms with van der Waals surface area (Å²) in [4.78, 5) is 6.91. The van der Waals surface area contributed by atoms with E-state index in [2.05, 4.69) is 16.0 Å². The normalized spacial score (nSPS) is 29.9. The lowest BCUT2D eigenvalue weighted by atomic mass is 9.90. The van der Waals surface area contributed by atoms with Crippen molar-refractivity contribution in [2.24, 2.45) is 0 Å². The monoisotopic (exact) mass is 250 g/mol. The van der Waals surface area contributed by atoms with Crippen LogP contribution in [0.25, 0.3) is 0 Å². The summed E-state index contributed by atoms with van der Waals surface area (Å²) in [5.41, 5.74) is 1.38. The smallest absolute Gasteiger partial charge is 0.129 e. The number of hydrogen-bond donors (Lipinski definition) is 0. The van der Waals surface area contributed by atoms with E-state index in [1.807, 2.05) is 12.3 Å². The van der Waals surface area contributed by atoms with Gasteiger partial charge in [-0.3, -0.25) is 0 Å². The van der Waals surface area contributed by atoms with Crippen molar-refractivity contribution in [3.8, 4) is 0 Å². The van der Waals surface area contributed by atoms with Crippen LogP contribution in [0.3, 0.4) is 0 Å². The molecule has 2 fully saturated rings. The molecule has 0 radical (unpaired) electrons. The van der Waals surface area contributed by atoms with Gasteiger partial charge in [-0.05, 0) is 62.7 Å². The Hall–Kier alpha value is -0.600. The molecular formula is C14H19ClN2. The summed E-state index contributed by atoms with van der Waals surface area (Å²) in [6.45, 7) is 2.61. The third-order valence-electron chi connectivity index (χ3n) is 4.28. The van der Waals surface area contributed by atoms with Crippen molar-refractivity contribution in [1.82, 2.24) is 9.88 Å². The SMILES string of the molecule is Clc1ccc(C2CCCN3CCCC3C2)cn1. The van der Waals surface area contributed by atoms with Crippen LogP contribution in [0.15, 0.2) is 18.3 Å². The summed E-state index contributed by atoms with van der Waals surface area (Å²) in [6, 6.07) is 4.90. The van der Waals surface area contributed by atoms with Crippen molar-refractivity contribution >= 4 is 11.6 Å². The standard InChI is InChI=1S/C14H19ClN2/c15-14-6-5-12(10-16-14)11-3-1-7-17-8-2-4-13(17)9-11/h5-6,10-11,13H,1-4,7-9H2. The topological polar surface area (TPSA) is 16.1 Å². The van der Waals surface area contributed by atoms with Gasteiger partial charge in [-0.1, -0.05) is 17.7 Å². The van der Waals surface area contributed by atoms with Crippen molar-refractivity contribution in [3.05, 3.63) is 29.0 Å². The molecule has 2 saturated heterocycles. The quantitative estimate of drug-likeness (QED) is 0.710. The Labute approximate surface area is 108 Å². The fourth-order valence-corrected chi connectivity index (χ4v) is 3.49. The lowest BCUT2D eigenvalue weighted by Crippen LogP contribution is -2.28. The highest BCUT2D eigenvalue weighted by atomic mass is 35.5. The first-order valence-electron chi connectivity index (χ1n) is 6.68. The lowest BCUT2D eigenvalue weighted by molar-refractivity contribution is 0.257. The van der Waals surface area contributed by atoms with Crippen LogP contribution < -0.4 is 0 Å². The Balaban J connectivity index is 1.76. The van der Waals surface area contributed by atoms with Crippen LogP contribution in [-0.4, -0.2) is 29.0 Å². The van der Waals surface area contributed by atoms with Crippen LogP contribution >= 0.6 is 11.6 Å². The van der Waals surface area contributed by atoms with Gasteiger partial charge in [0, 0.05) is 12.2 Å². The van der Waals surface area contributed by atoms with Gasteiger partial charge in [0.2, 0.25) is 0 Å². The minimum atomic E-state index is 0.602.